The van der Waals surface area contributed by atoms with Crippen molar-refractivity contribution in [3.05, 3.63) is 12.2 Å². The van der Waals surface area contributed by atoms with Crippen LogP contribution >= 0.6 is 0 Å². The molecule has 14 heteroatoms. The second kappa shape index (κ2) is 33.8. The fourth-order valence-corrected chi connectivity index (χ4v) is 3.56. The summed E-state index contributed by atoms with van der Waals surface area (Å²) in [5, 5.41) is 0. The van der Waals surface area contributed by atoms with Gasteiger partial charge in [-0.3, -0.25) is 14.5 Å². The highest BCUT2D eigenvalue weighted by Crippen LogP contribution is 2.02. The first-order valence-corrected chi connectivity index (χ1v) is 16.1. The fraction of sp³-hybridized carbons (Fsp3) is 0.871. The van der Waals surface area contributed by atoms with Crippen molar-refractivity contribution in [2.75, 3.05) is 152 Å². The van der Waals surface area contributed by atoms with Gasteiger partial charge in [-0.2, -0.15) is 0 Å². The van der Waals surface area contributed by atoms with Crippen LogP contribution in [0.15, 0.2) is 12.2 Å². The molecule has 0 aromatic rings. The number of amides is 2. The smallest absolute Gasteiger partial charge is 0.253 e. The van der Waals surface area contributed by atoms with E-state index < -0.39 is 0 Å². The topological polar surface area (TPSA) is 139 Å². The van der Waals surface area contributed by atoms with Crippen LogP contribution < -0.4 is 0 Å². The first kappa shape index (κ1) is 41.5. The molecule has 0 saturated carbocycles. The molecular formula is C31H57NO13. The van der Waals surface area contributed by atoms with Crippen molar-refractivity contribution in [1.82, 2.24) is 4.90 Å². The standard InChI is InChI=1S/C31H57NO13/c1-2-3-4-8-35-10-12-37-14-16-39-18-20-41-22-24-43-26-28-45-29-27-44-25-23-42-21-19-40-17-15-38-13-11-36-9-7-32-30(33)5-6-31(32)34/h5-6H,2-4,7-29H2,1H3. The highest BCUT2D eigenvalue weighted by Gasteiger charge is 2.22. The van der Waals surface area contributed by atoms with Crippen LogP contribution in [-0.2, 0) is 61.7 Å². The van der Waals surface area contributed by atoms with E-state index >= 15 is 0 Å². The number of carbonyl (C=O) groups excluding carboxylic acids is 2. The van der Waals surface area contributed by atoms with Gasteiger partial charge in [0.05, 0.1) is 145 Å². The van der Waals surface area contributed by atoms with Crippen molar-refractivity contribution in [3.63, 3.8) is 0 Å². The third kappa shape index (κ3) is 28.4. The summed E-state index contributed by atoms with van der Waals surface area (Å²) in [6, 6.07) is 0. The van der Waals surface area contributed by atoms with Crippen LogP contribution in [0.2, 0.25) is 0 Å². The lowest BCUT2D eigenvalue weighted by molar-refractivity contribution is -0.137. The van der Waals surface area contributed by atoms with Gasteiger partial charge in [0.1, 0.15) is 0 Å². The van der Waals surface area contributed by atoms with E-state index in [2.05, 4.69) is 6.92 Å². The molecule has 0 spiro atoms. The number of hydrogen-bond acceptors (Lipinski definition) is 13. The number of nitrogens with zero attached hydrogens (tertiary/aromatic N) is 1. The maximum Gasteiger partial charge on any atom is 0.253 e. The summed E-state index contributed by atoms with van der Waals surface area (Å²) < 4.78 is 59.9. The van der Waals surface area contributed by atoms with Crippen molar-refractivity contribution >= 4 is 11.8 Å². The number of rotatable bonds is 37. The lowest BCUT2D eigenvalue weighted by atomic mass is 10.3. The van der Waals surface area contributed by atoms with Gasteiger partial charge in [0, 0.05) is 18.8 Å². The van der Waals surface area contributed by atoms with Gasteiger partial charge in [-0.1, -0.05) is 19.8 Å². The molecule has 0 atom stereocenters. The van der Waals surface area contributed by atoms with Crippen LogP contribution in [0, 0.1) is 0 Å². The molecule has 1 aliphatic rings. The number of ether oxygens (including phenoxy) is 11. The minimum absolute atomic E-state index is 0.241. The predicted molar refractivity (Wildman–Crippen MR) is 164 cm³/mol. The normalized spacial score (nSPS) is 13.1. The summed E-state index contributed by atoms with van der Waals surface area (Å²) in [5.41, 5.74) is 0. The second-order valence-corrected chi connectivity index (χ2v) is 9.60. The van der Waals surface area contributed by atoms with Gasteiger partial charge in [-0.15, -0.1) is 0 Å². The molecule has 45 heavy (non-hydrogen) atoms. The third-order valence-corrected chi connectivity index (χ3v) is 5.97. The predicted octanol–water partition coefficient (Wildman–Crippen LogP) is 1.28. The number of hydrogen-bond donors (Lipinski definition) is 0. The fourth-order valence-electron chi connectivity index (χ4n) is 3.56. The zero-order valence-electron chi connectivity index (χ0n) is 27.3. The SMILES string of the molecule is CCCCCOCCOCCOCCOCCOCCOCCOCCOCCOCCOCCOCCN1C(=O)C=CC1=O. The molecule has 264 valence electrons. The molecular weight excluding hydrogens is 594 g/mol. The van der Waals surface area contributed by atoms with E-state index in [1.165, 1.54) is 25.0 Å². The van der Waals surface area contributed by atoms with Gasteiger partial charge < -0.3 is 52.1 Å². The van der Waals surface area contributed by atoms with E-state index in [9.17, 15) is 9.59 Å². The quantitative estimate of drug-likeness (QED) is 0.0705. The van der Waals surface area contributed by atoms with Gasteiger partial charge in [0.15, 0.2) is 0 Å². The lowest BCUT2D eigenvalue weighted by Gasteiger charge is -2.13. The Morgan fingerprint density at radius 3 is 0.889 bits per heavy atom. The van der Waals surface area contributed by atoms with Gasteiger partial charge >= 0.3 is 0 Å². The van der Waals surface area contributed by atoms with Crippen LogP contribution in [0.5, 0.6) is 0 Å². The maximum absolute atomic E-state index is 11.4. The summed E-state index contributed by atoms with van der Waals surface area (Å²) in [6.07, 6.45) is 6.04. The highest BCUT2D eigenvalue weighted by molar-refractivity contribution is 6.12. The molecule has 0 radical (unpaired) electrons. The molecule has 1 aliphatic heterocycles. The third-order valence-electron chi connectivity index (χ3n) is 5.97. The number of unbranched alkanes of at least 4 members (excludes halogenated alkanes) is 2. The molecule has 0 aromatic carbocycles. The first-order valence-electron chi connectivity index (χ1n) is 16.1. The van der Waals surface area contributed by atoms with Crippen molar-refractivity contribution in [2.24, 2.45) is 0 Å². The van der Waals surface area contributed by atoms with Gasteiger partial charge in [0.2, 0.25) is 0 Å². The Hall–Kier alpha value is -1.56. The molecule has 0 bridgehead atoms. The zero-order chi connectivity index (χ0) is 32.3. The largest absolute Gasteiger partial charge is 0.379 e. The molecule has 0 unspecified atom stereocenters. The van der Waals surface area contributed by atoms with E-state index in [1.807, 2.05) is 0 Å². The zero-order valence-corrected chi connectivity index (χ0v) is 27.3. The minimum Gasteiger partial charge on any atom is -0.379 e. The number of imide groups is 1. The summed E-state index contributed by atoms with van der Waals surface area (Å²) in [7, 11) is 0. The van der Waals surface area contributed by atoms with E-state index in [0.717, 1.165) is 17.9 Å². The molecule has 0 fully saturated rings. The van der Waals surface area contributed by atoms with E-state index in [4.69, 9.17) is 52.1 Å². The molecule has 1 heterocycles. The molecule has 0 aromatic heterocycles. The van der Waals surface area contributed by atoms with Crippen molar-refractivity contribution in [1.29, 1.82) is 0 Å². The summed E-state index contributed by atoms with van der Waals surface area (Å²) in [4.78, 5) is 23.9. The Morgan fingerprint density at radius 2 is 0.622 bits per heavy atom. The Labute approximate surface area is 268 Å². The van der Waals surface area contributed by atoms with Crippen molar-refractivity contribution in [3.8, 4) is 0 Å². The summed E-state index contributed by atoms with van der Waals surface area (Å²) in [5.74, 6) is -0.610. The average Bonchev–Trinajstić information content (AvgIpc) is 3.37. The second-order valence-electron chi connectivity index (χ2n) is 9.60. The molecule has 2 amide bonds. The first-order chi connectivity index (χ1) is 22.3. The van der Waals surface area contributed by atoms with E-state index in [0.29, 0.717) is 132 Å². The highest BCUT2D eigenvalue weighted by atomic mass is 16.6. The molecule has 1 rings (SSSR count). The van der Waals surface area contributed by atoms with Gasteiger partial charge in [-0.05, 0) is 6.42 Å². The Bertz CT molecular complexity index is 680. The van der Waals surface area contributed by atoms with Crippen LogP contribution in [0.3, 0.4) is 0 Å². The van der Waals surface area contributed by atoms with Gasteiger partial charge in [-0.25, -0.2) is 0 Å². The van der Waals surface area contributed by atoms with Gasteiger partial charge in [0.25, 0.3) is 11.8 Å². The van der Waals surface area contributed by atoms with E-state index in [1.54, 1.807) is 0 Å². The van der Waals surface area contributed by atoms with Crippen molar-refractivity contribution < 1.29 is 61.7 Å². The molecule has 0 N–H and O–H groups in total. The van der Waals surface area contributed by atoms with Crippen LogP contribution in [0.1, 0.15) is 26.2 Å². The van der Waals surface area contributed by atoms with Crippen LogP contribution in [0.4, 0.5) is 0 Å². The summed E-state index contributed by atoms with van der Waals surface area (Å²) >= 11 is 0. The Morgan fingerprint density at radius 1 is 0.378 bits per heavy atom. The Balaban J connectivity index is 1.62. The lowest BCUT2D eigenvalue weighted by Crippen LogP contribution is -2.33. The minimum atomic E-state index is -0.305. The van der Waals surface area contributed by atoms with Crippen molar-refractivity contribution in [2.45, 2.75) is 26.2 Å². The molecule has 0 saturated heterocycles. The van der Waals surface area contributed by atoms with E-state index in [-0.39, 0.29) is 25.0 Å². The van der Waals surface area contributed by atoms with Crippen LogP contribution in [0.25, 0.3) is 0 Å². The summed E-state index contributed by atoms with van der Waals surface area (Å²) in [6.45, 7) is 13.5. The molecule has 14 nitrogen and oxygen atoms in total. The monoisotopic (exact) mass is 651 g/mol. The van der Waals surface area contributed by atoms with Crippen LogP contribution in [-0.4, -0.2) is 169 Å². The number of carbonyl (C=O) groups is 2. The maximum atomic E-state index is 11.4. The average molecular weight is 652 g/mol. The molecule has 0 aliphatic carbocycles. The Kier molecular flexibility index (Phi) is 31.1.